The number of ether oxygens (including phenoxy) is 1. The molecule has 0 atom stereocenters. The minimum atomic E-state index is 0.602. The van der Waals surface area contributed by atoms with Gasteiger partial charge in [0.05, 0.1) is 12.8 Å². The molecule has 2 N–H and O–H groups in total. The van der Waals surface area contributed by atoms with Crippen LogP contribution in [0.1, 0.15) is 18.6 Å². The number of aryl methyl sites for hydroxylation is 2. The van der Waals surface area contributed by atoms with Crippen molar-refractivity contribution < 1.29 is 9.15 Å². The molecule has 2 aromatic rings. The summed E-state index contributed by atoms with van der Waals surface area (Å²) >= 11 is 0. The lowest BCUT2D eigenvalue weighted by atomic mass is 10.1. The van der Waals surface area contributed by atoms with Crippen LogP contribution in [-0.4, -0.2) is 12.1 Å². The average molecular weight is 232 g/mol. The summed E-state index contributed by atoms with van der Waals surface area (Å²) < 4.78 is 10.7. The van der Waals surface area contributed by atoms with Gasteiger partial charge in [0.15, 0.2) is 5.89 Å². The lowest BCUT2D eigenvalue weighted by Gasteiger charge is -2.05. The molecule has 1 aromatic carbocycles. The molecule has 4 nitrogen and oxygen atoms in total. The standard InChI is InChI=1S/C13H16N2O2/c1-4-12-15-13(8(2)17-12)9-5-6-11(16-3)10(14)7-9/h5-7H,4,14H2,1-3H3. The average Bonchev–Trinajstić information content (AvgIpc) is 2.70. The summed E-state index contributed by atoms with van der Waals surface area (Å²) in [5, 5.41) is 0. The van der Waals surface area contributed by atoms with Crippen LogP contribution in [0.15, 0.2) is 22.6 Å². The fourth-order valence-electron chi connectivity index (χ4n) is 1.75. The van der Waals surface area contributed by atoms with Crippen molar-refractivity contribution in [3.8, 4) is 17.0 Å². The van der Waals surface area contributed by atoms with Crippen LogP contribution >= 0.6 is 0 Å². The number of nitrogen functional groups attached to an aromatic ring is 1. The van der Waals surface area contributed by atoms with E-state index in [2.05, 4.69) is 4.98 Å². The van der Waals surface area contributed by atoms with Gasteiger partial charge >= 0.3 is 0 Å². The van der Waals surface area contributed by atoms with Gasteiger partial charge in [0.1, 0.15) is 17.2 Å². The number of oxazole rings is 1. The zero-order valence-corrected chi connectivity index (χ0v) is 10.3. The van der Waals surface area contributed by atoms with E-state index >= 15 is 0 Å². The molecule has 0 radical (unpaired) electrons. The van der Waals surface area contributed by atoms with E-state index in [9.17, 15) is 0 Å². The van der Waals surface area contributed by atoms with Crippen molar-refractivity contribution >= 4 is 5.69 Å². The van der Waals surface area contributed by atoms with Crippen LogP contribution in [0.5, 0.6) is 5.75 Å². The van der Waals surface area contributed by atoms with Gasteiger partial charge in [-0.2, -0.15) is 0 Å². The molecule has 1 heterocycles. The predicted octanol–water partition coefficient (Wildman–Crippen LogP) is 2.80. The van der Waals surface area contributed by atoms with E-state index < -0.39 is 0 Å². The Kier molecular flexibility index (Phi) is 3.04. The molecule has 1 aromatic heterocycles. The number of methoxy groups -OCH3 is 1. The maximum absolute atomic E-state index is 5.88. The number of hydrogen-bond acceptors (Lipinski definition) is 4. The van der Waals surface area contributed by atoms with Crippen molar-refractivity contribution in [2.24, 2.45) is 0 Å². The van der Waals surface area contributed by atoms with Gasteiger partial charge in [0.25, 0.3) is 0 Å². The van der Waals surface area contributed by atoms with E-state index in [1.165, 1.54) is 0 Å². The summed E-state index contributed by atoms with van der Waals surface area (Å²) in [6, 6.07) is 5.62. The normalized spacial score (nSPS) is 10.5. The van der Waals surface area contributed by atoms with Gasteiger partial charge in [-0.05, 0) is 25.1 Å². The summed E-state index contributed by atoms with van der Waals surface area (Å²) in [6.45, 7) is 3.92. The number of benzene rings is 1. The van der Waals surface area contributed by atoms with Crippen molar-refractivity contribution in [2.75, 3.05) is 12.8 Å². The summed E-state index contributed by atoms with van der Waals surface area (Å²) in [7, 11) is 1.60. The van der Waals surface area contributed by atoms with Crippen LogP contribution in [0, 0.1) is 6.92 Å². The molecule has 4 heteroatoms. The van der Waals surface area contributed by atoms with Crippen LogP contribution in [-0.2, 0) is 6.42 Å². The third-order valence-electron chi connectivity index (χ3n) is 2.65. The summed E-state index contributed by atoms with van der Waals surface area (Å²) in [5.41, 5.74) is 8.27. The lowest BCUT2D eigenvalue weighted by Crippen LogP contribution is -1.93. The van der Waals surface area contributed by atoms with Gasteiger partial charge in [0, 0.05) is 12.0 Å². The minimum absolute atomic E-state index is 0.602. The molecule has 0 bridgehead atoms. The Balaban J connectivity index is 2.45. The Hall–Kier alpha value is -1.97. The highest BCUT2D eigenvalue weighted by atomic mass is 16.5. The maximum atomic E-state index is 5.88. The fourth-order valence-corrected chi connectivity index (χ4v) is 1.75. The number of hydrogen-bond donors (Lipinski definition) is 1. The van der Waals surface area contributed by atoms with E-state index in [1.807, 2.05) is 32.0 Å². The largest absolute Gasteiger partial charge is 0.495 e. The molecule has 17 heavy (non-hydrogen) atoms. The Morgan fingerprint density at radius 1 is 1.41 bits per heavy atom. The van der Waals surface area contributed by atoms with Crippen molar-refractivity contribution in [1.82, 2.24) is 4.98 Å². The Morgan fingerprint density at radius 3 is 2.71 bits per heavy atom. The lowest BCUT2D eigenvalue weighted by molar-refractivity contribution is 0.417. The molecule has 0 aliphatic rings. The van der Waals surface area contributed by atoms with E-state index in [4.69, 9.17) is 14.9 Å². The van der Waals surface area contributed by atoms with Crippen molar-refractivity contribution in [1.29, 1.82) is 0 Å². The van der Waals surface area contributed by atoms with E-state index in [0.29, 0.717) is 11.4 Å². The van der Waals surface area contributed by atoms with Crippen molar-refractivity contribution in [2.45, 2.75) is 20.3 Å². The molecule has 0 saturated heterocycles. The first-order chi connectivity index (χ1) is 8.15. The second-order valence-electron chi connectivity index (χ2n) is 3.82. The highest BCUT2D eigenvalue weighted by Crippen LogP contribution is 2.29. The molecule has 90 valence electrons. The van der Waals surface area contributed by atoms with Crippen LogP contribution in [0.25, 0.3) is 11.3 Å². The van der Waals surface area contributed by atoms with Crippen LogP contribution in [0.3, 0.4) is 0 Å². The van der Waals surface area contributed by atoms with Gasteiger partial charge < -0.3 is 14.9 Å². The first-order valence-corrected chi connectivity index (χ1v) is 5.56. The smallest absolute Gasteiger partial charge is 0.194 e. The van der Waals surface area contributed by atoms with E-state index in [1.54, 1.807) is 7.11 Å². The molecule has 0 unspecified atom stereocenters. The first-order valence-electron chi connectivity index (χ1n) is 5.56. The quantitative estimate of drug-likeness (QED) is 0.826. The Labute approximate surface area is 100 Å². The van der Waals surface area contributed by atoms with E-state index in [0.717, 1.165) is 29.3 Å². The van der Waals surface area contributed by atoms with Gasteiger partial charge in [0.2, 0.25) is 0 Å². The molecule has 0 aliphatic carbocycles. The third kappa shape index (κ3) is 2.11. The topological polar surface area (TPSA) is 61.3 Å². The van der Waals surface area contributed by atoms with Crippen molar-refractivity contribution in [3.05, 3.63) is 29.9 Å². The summed E-state index contributed by atoms with van der Waals surface area (Å²) in [5.74, 6) is 2.23. The number of anilines is 1. The number of nitrogens with zero attached hydrogens (tertiary/aromatic N) is 1. The van der Waals surface area contributed by atoms with Crippen molar-refractivity contribution in [3.63, 3.8) is 0 Å². The first kappa shape index (κ1) is 11.5. The predicted molar refractivity (Wildman–Crippen MR) is 67.0 cm³/mol. The fraction of sp³-hybridized carbons (Fsp3) is 0.308. The molecular formula is C13H16N2O2. The van der Waals surface area contributed by atoms with Gasteiger partial charge in [-0.15, -0.1) is 0 Å². The number of rotatable bonds is 3. The molecule has 2 rings (SSSR count). The molecule has 0 spiro atoms. The second-order valence-corrected chi connectivity index (χ2v) is 3.82. The third-order valence-corrected chi connectivity index (χ3v) is 2.65. The Bertz CT molecular complexity index is 532. The molecule has 0 amide bonds. The second kappa shape index (κ2) is 4.49. The SMILES string of the molecule is CCc1nc(-c2ccc(OC)c(N)c2)c(C)o1. The molecule has 0 aliphatic heterocycles. The summed E-state index contributed by atoms with van der Waals surface area (Å²) in [4.78, 5) is 4.43. The summed E-state index contributed by atoms with van der Waals surface area (Å²) in [6.07, 6.45) is 0.784. The molecular weight excluding hydrogens is 216 g/mol. The zero-order chi connectivity index (χ0) is 12.4. The zero-order valence-electron chi connectivity index (χ0n) is 10.3. The highest BCUT2D eigenvalue weighted by molar-refractivity contribution is 5.69. The highest BCUT2D eigenvalue weighted by Gasteiger charge is 2.11. The number of nitrogens with two attached hydrogens (primary N) is 1. The Morgan fingerprint density at radius 2 is 2.18 bits per heavy atom. The minimum Gasteiger partial charge on any atom is -0.495 e. The molecule has 0 saturated carbocycles. The van der Waals surface area contributed by atoms with Crippen LogP contribution < -0.4 is 10.5 Å². The molecule has 0 fully saturated rings. The maximum Gasteiger partial charge on any atom is 0.194 e. The van der Waals surface area contributed by atoms with Crippen LogP contribution in [0.4, 0.5) is 5.69 Å². The van der Waals surface area contributed by atoms with Gasteiger partial charge in [-0.3, -0.25) is 0 Å². The monoisotopic (exact) mass is 232 g/mol. The van der Waals surface area contributed by atoms with E-state index in [-0.39, 0.29) is 0 Å². The van der Waals surface area contributed by atoms with Crippen LogP contribution in [0.2, 0.25) is 0 Å². The van der Waals surface area contributed by atoms with Gasteiger partial charge in [-0.1, -0.05) is 6.92 Å². The number of aromatic nitrogens is 1. The van der Waals surface area contributed by atoms with Gasteiger partial charge in [-0.25, -0.2) is 4.98 Å².